The van der Waals surface area contributed by atoms with Crippen molar-refractivity contribution in [3.8, 4) is 0 Å². The highest BCUT2D eigenvalue weighted by molar-refractivity contribution is 7.89. The summed E-state index contributed by atoms with van der Waals surface area (Å²) in [6.45, 7) is 2.79. The number of likely N-dealkylation sites (tertiary alicyclic amines) is 1. The number of hydrogen-bond acceptors (Lipinski definition) is 4. The molecule has 2 unspecified atom stereocenters. The summed E-state index contributed by atoms with van der Waals surface area (Å²) in [5, 5.41) is 9.02. The van der Waals surface area contributed by atoms with Gasteiger partial charge in [-0.15, -0.1) is 0 Å². The minimum Gasteiger partial charge on any atom is -0.481 e. The first kappa shape index (κ1) is 17.2. The molecule has 1 amide bonds. The molecule has 0 spiro atoms. The predicted octanol–water partition coefficient (Wildman–Crippen LogP) is 0.418. The number of piperidine rings is 1. The fraction of sp³-hybridized carbons (Fsp3) is 0.857. The van der Waals surface area contributed by atoms with Crippen LogP contribution in [0.15, 0.2) is 0 Å². The van der Waals surface area contributed by atoms with E-state index in [1.807, 2.05) is 6.92 Å². The van der Waals surface area contributed by atoms with E-state index in [2.05, 4.69) is 4.72 Å². The first-order valence-corrected chi connectivity index (χ1v) is 9.51. The summed E-state index contributed by atoms with van der Waals surface area (Å²) in [5.74, 6) is -1.81. The van der Waals surface area contributed by atoms with Gasteiger partial charge in [0.05, 0.1) is 17.6 Å². The zero-order chi connectivity index (χ0) is 16.3. The number of hydrogen-bond donors (Lipinski definition) is 2. The topological polar surface area (TPSA) is 104 Å². The highest BCUT2D eigenvalue weighted by Crippen LogP contribution is 2.36. The summed E-state index contributed by atoms with van der Waals surface area (Å²) in [7, 11) is -3.23. The van der Waals surface area contributed by atoms with Gasteiger partial charge in [-0.05, 0) is 32.1 Å². The van der Waals surface area contributed by atoms with Crippen LogP contribution in [-0.2, 0) is 19.6 Å². The summed E-state index contributed by atoms with van der Waals surface area (Å²) in [6.07, 6.45) is 2.95. The van der Waals surface area contributed by atoms with Gasteiger partial charge in [0.1, 0.15) is 0 Å². The van der Waals surface area contributed by atoms with Gasteiger partial charge in [-0.1, -0.05) is 6.92 Å². The van der Waals surface area contributed by atoms with E-state index in [9.17, 15) is 18.0 Å². The molecule has 22 heavy (non-hydrogen) atoms. The Morgan fingerprint density at radius 1 is 1.14 bits per heavy atom. The third kappa shape index (κ3) is 3.98. The Labute approximate surface area is 131 Å². The number of carboxylic acid groups (broad SMARTS) is 1. The summed E-state index contributed by atoms with van der Waals surface area (Å²) >= 11 is 0. The summed E-state index contributed by atoms with van der Waals surface area (Å²) in [6, 6.07) is -0.128. The minimum atomic E-state index is -3.23. The number of rotatable bonds is 6. The second kappa shape index (κ2) is 6.95. The van der Waals surface area contributed by atoms with Gasteiger partial charge in [-0.2, -0.15) is 0 Å². The number of carbonyl (C=O) groups excluding carboxylic acids is 1. The van der Waals surface area contributed by atoms with Gasteiger partial charge in [0, 0.05) is 19.1 Å². The highest BCUT2D eigenvalue weighted by Gasteiger charge is 2.43. The molecule has 1 saturated carbocycles. The summed E-state index contributed by atoms with van der Waals surface area (Å²) in [5.41, 5.74) is 0. The van der Waals surface area contributed by atoms with Crippen LogP contribution in [0, 0.1) is 11.8 Å². The number of amides is 1. The van der Waals surface area contributed by atoms with Crippen molar-refractivity contribution in [2.75, 3.05) is 18.8 Å². The van der Waals surface area contributed by atoms with E-state index in [0.29, 0.717) is 45.2 Å². The molecule has 0 aromatic heterocycles. The Bertz CT molecular complexity index is 525. The third-order valence-electron chi connectivity index (χ3n) is 4.53. The van der Waals surface area contributed by atoms with E-state index < -0.39 is 27.8 Å². The van der Waals surface area contributed by atoms with Gasteiger partial charge in [0.15, 0.2) is 0 Å². The maximum absolute atomic E-state index is 12.3. The molecular formula is C14H24N2O5S. The molecule has 7 nitrogen and oxygen atoms in total. The molecule has 1 saturated heterocycles. The number of carbonyl (C=O) groups is 2. The smallest absolute Gasteiger partial charge is 0.307 e. The Hall–Kier alpha value is -1.15. The number of nitrogens with zero attached hydrogens (tertiary/aromatic N) is 1. The van der Waals surface area contributed by atoms with Crippen molar-refractivity contribution in [2.45, 2.75) is 45.1 Å². The lowest BCUT2D eigenvalue weighted by Gasteiger charge is -2.39. The Balaban J connectivity index is 1.82. The first-order valence-electron chi connectivity index (χ1n) is 7.85. The summed E-state index contributed by atoms with van der Waals surface area (Å²) < 4.78 is 26.2. The predicted molar refractivity (Wildman–Crippen MR) is 80.7 cm³/mol. The molecule has 2 rings (SSSR count). The standard InChI is InChI=1S/C14H24N2O5S/c1-2-9-22(20,21)15-10-5-7-16(8-6-10)13(17)11-3-4-12(11)14(18)19/h10-12,15H,2-9H2,1H3,(H,18,19). The van der Waals surface area contributed by atoms with Gasteiger partial charge in [-0.25, -0.2) is 13.1 Å². The Morgan fingerprint density at radius 2 is 1.73 bits per heavy atom. The van der Waals surface area contributed by atoms with Crippen LogP contribution in [0.5, 0.6) is 0 Å². The number of nitrogens with one attached hydrogen (secondary N) is 1. The van der Waals surface area contributed by atoms with Crippen molar-refractivity contribution in [3.63, 3.8) is 0 Å². The molecule has 8 heteroatoms. The van der Waals surface area contributed by atoms with Crippen molar-refractivity contribution < 1.29 is 23.1 Å². The van der Waals surface area contributed by atoms with Crippen LogP contribution < -0.4 is 4.72 Å². The van der Waals surface area contributed by atoms with Crippen molar-refractivity contribution in [1.29, 1.82) is 0 Å². The molecule has 2 N–H and O–H groups in total. The van der Waals surface area contributed by atoms with Gasteiger partial charge in [-0.3, -0.25) is 9.59 Å². The molecule has 1 heterocycles. The second-order valence-electron chi connectivity index (χ2n) is 6.16. The number of aliphatic carboxylic acids is 1. The van der Waals surface area contributed by atoms with Gasteiger partial charge in [0.2, 0.25) is 15.9 Å². The first-order chi connectivity index (χ1) is 10.3. The fourth-order valence-electron chi connectivity index (χ4n) is 3.12. The molecule has 2 fully saturated rings. The van der Waals surface area contributed by atoms with Crippen LogP contribution in [-0.4, -0.2) is 55.2 Å². The third-order valence-corrected chi connectivity index (χ3v) is 6.17. The van der Waals surface area contributed by atoms with Crippen molar-refractivity contribution >= 4 is 21.9 Å². The lowest BCUT2D eigenvalue weighted by molar-refractivity contribution is -0.157. The molecule has 0 bridgehead atoms. The van der Waals surface area contributed by atoms with E-state index >= 15 is 0 Å². The van der Waals surface area contributed by atoms with Crippen LogP contribution in [0.25, 0.3) is 0 Å². The lowest BCUT2D eigenvalue weighted by atomic mass is 9.72. The lowest BCUT2D eigenvalue weighted by Crippen LogP contribution is -2.51. The minimum absolute atomic E-state index is 0.0893. The average Bonchev–Trinajstić information content (AvgIpc) is 2.36. The van der Waals surface area contributed by atoms with Crippen molar-refractivity contribution in [2.24, 2.45) is 11.8 Å². The molecule has 2 aliphatic rings. The molecule has 0 radical (unpaired) electrons. The van der Waals surface area contributed by atoms with Gasteiger partial charge in [0.25, 0.3) is 0 Å². The average molecular weight is 332 g/mol. The Morgan fingerprint density at radius 3 is 2.18 bits per heavy atom. The number of carboxylic acids is 1. The number of sulfonamides is 1. The summed E-state index contributed by atoms with van der Waals surface area (Å²) in [4.78, 5) is 25.0. The molecule has 1 aliphatic carbocycles. The highest BCUT2D eigenvalue weighted by atomic mass is 32.2. The van der Waals surface area contributed by atoms with E-state index in [0.717, 1.165) is 0 Å². The largest absolute Gasteiger partial charge is 0.481 e. The van der Waals surface area contributed by atoms with Gasteiger partial charge >= 0.3 is 5.97 Å². The SMILES string of the molecule is CCCS(=O)(=O)NC1CCN(C(=O)C2CCC2C(=O)O)CC1. The monoisotopic (exact) mass is 332 g/mol. The molecule has 126 valence electrons. The second-order valence-corrected chi connectivity index (χ2v) is 8.04. The maximum atomic E-state index is 12.3. The van der Waals surface area contributed by atoms with Crippen molar-refractivity contribution in [3.05, 3.63) is 0 Å². The van der Waals surface area contributed by atoms with E-state index in [1.54, 1.807) is 4.90 Å². The molecule has 0 aromatic rings. The van der Waals surface area contributed by atoms with E-state index in [4.69, 9.17) is 5.11 Å². The molecule has 0 aromatic carbocycles. The molecule has 1 aliphatic heterocycles. The zero-order valence-corrected chi connectivity index (χ0v) is 13.6. The Kier molecular flexibility index (Phi) is 5.44. The van der Waals surface area contributed by atoms with Crippen molar-refractivity contribution in [1.82, 2.24) is 9.62 Å². The van der Waals surface area contributed by atoms with Crippen LogP contribution in [0.4, 0.5) is 0 Å². The molecule has 2 atom stereocenters. The van der Waals surface area contributed by atoms with Crippen LogP contribution >= 0.6 is 0 Å². The normalized spacial score (nSPS) is 26.5. The van der Waals surface area contributed by atoms with E-state index in [1.165, 1.54) is 0 Å². The van der Waals surface area contributed by atoms with E-state index in [-0.39, 0.29) is 17.7 Å². The fourth-order valence-corrected chi connectivity index (χ4v) is 4.52. The zero-order valence-electron chi connectivity index (χ0n) is 12.8. The van der Waals surface area contributed by atoms with Crippen LogP contribution in [0.2, 0.25) is 0 Å². The molecular weight excluding hydrogens is 308 g/mol. The van der Waals surface area contributed by atoms with Crippen LogP contribution in [0.3, 0.4) is 0 Å². The van der Waals surface area contributed by atoms with Gasteiger partial charge < -0.3 is 10.0 Å². The maximum Gasteiger partial charge on any atom is 0.307 e. The quantitative estimate of drug-likeness (QED) is 0.733. The van der Waals surface area contributed by atoms with Crippen LogP contribution in [0.1, 0.15) is 39.0 Å².